The normalized spacial score (nSPS) is 15.6. The van der Waals surface area contributed by atoms with Gasteiger partial charge in [0, 0.05) is 5.02 Å². The Morgan fingerprint density at radius 3 is 2.72 bits per heavy atom. The van der Waals surface area contributed by atoms with Gasteiger partial charge in [0.15, 0.2) is 10.6 Å². The van der Waals surface area contributed by atoms with E-state index < -0.39 is 17.8 Å². The number of hydrogen-bond donors (Lipinski definition) is 0. The molecule has 2 aromatic heterocycles. The number of para-hydroxylation sites is 1. The Hall–Kier alpha value is -3.55. The quantitative estimate of drug-likeness (QED) is 0.325. The van der Waals surface area contributed by atoms with Gasteiger partial charge in [-0.3, -0.25) is 14.5 Å². The lowest BCUT2D eigenvalue weighted by Gasteiger charge is -2.22. The molecule has 1 aliphatic heterocycles. The number of thiazole rings is 1. The fourth-order valence-electron chi connectivity index (χ4n) is 4.10. The zero-order valence-corrected chi connectivity index (χ0v) is 17.8. The van der Waals surface area contributed by atoms with Crippen LogP contribution in [0.1, 0.15) is 27.7 Å². The number of rotatable bonds is 2. The largest absolute Gasteiger partial charge is 0.450 e. The molecule has 1 unspecified atom stereocenters. The van der Waals surface area contributed by atoms with Gasteiger partial charge in [-0.25, -0.2) is 9.37 Å². The van der Waals surface area contributed by atoms with Gasteiger partial charge in [0.25, 0.3) is 5.91 Å². The summed E-state index contributed by atoms with van der Waals surface area (Å²) in [5, 5.41) is 1.28. The monoisotopic (exact) mass is 462 g/mol. The van der Waals surface area contributed by atoms with E-state index in [2.05, 4.69) is 4.98 Å². The maximum absolute atomic E-state index is 14.2. The first-order valence-electron chi connectivity index (χ1n) is 9.72. The van der Waals surface area contributed by atoms with E-state index in [1.54, 1.807) is 54.6 Å². The Bertz CT molecular complexity index is 1630. The summed E-state index contributed by atoms with van der Waals surface area (Å²) in [7, 11) is 0. The van der Waals surface area contributed by atoms with E-state index in [0.29, 0.717) is 32.2 Å². The van der Waals surface area contributed by atoms with Crippen molar-refractivity contribution in [3.8, 4) is 0 Å². The number of hydrogen-bond acceptors (Lipinski definition) is 5. The molecule has 1 aliphatic rings. The van der Waals surface area contributed by atoms with Crippen molar-refractivity contribution >= 4 is 55.2 Å². The van der Waals surface area contributed by atoms with Crippen molar-refractivity contribution in [2.45, 2.75) is 6.04 Å². The van der Waals surface area contributed by atoms with Gasteiger partial charge in [-0.1, -0.05) is 47.2 Å². The second kappa shape index (κ2) is 6.98. The molecule has 3 aromatic carbocycles. The van der Waals surface area contributed by atoms with Crippen LogP contribution < -0.4 is 10.3 Å². The summed E-state index contributed by atoms with van der Waals surface area (Å²) in [6.45, 7) is 0. The number of nitrogens with zero attached hydrogens (tertiary/aromatic N) is 2. The molecule has 6 rings (SSSR count). The van der Waals surface area contributed by atoms with E-state index in [1.165, 1.54) is 28.4 Å². The van der Waals surface area contributed by atoms with E-state index in [4.69, 9.17) is 16.0 Å². The van der Waals surface area contributed by atoms with Gasteiger partial charge in [-0.15, -0.1) is 0 Å². The Kier molecular flexibility index (Phi) is 4.18. The molecule has 0 bridgehead atoms. The van der Waals surface area contributed by atoms with Crippen LogP contribution >= 0.6 is 22.9 Å². The Balaban J connectivity index is 1.65. The molecule has 3 heterocycles. The summed E-state index contributed by atoms with van der Waals surface area (Å²) in [6, 6.07) is 17.0. The van der Waals surface area contributed by atoms with Gasteiger partial charge in [0.1, 0.15) is 11.4 Å². The molecule has 0 N–H and O–H groups in total. The average molecular weight is 463 g/mol. The molecule has 0 saturated heterocycles. The van der Waals surface area contributed by atoms with Crippen molar-refractivity contribution in [1.82, 2.24) is 4.98 Å². The molecule has 0 aliphatic carbocycles. The fraction of sp³-hybridized carbons (Fsp3) is 0.0417. The van der Waals surface area contributed by atoms with Crippen molar-refractivity contribution in [3.05, 3.63) is 105 Å². The number of carbonyl (C=O) groups is 1. The predicted molar refractivity (Wildman–Crippen MR) is 122 cm³/mol. The summed E-state index contributed by atoms with van der Waals surface area (Å²) in [5.74, 6) is -1.02. The van der Waals surface area contributed by atoms with Crippen molar-refractivity contribution in [2.24, 2.45) is 0 Å². The third kappa shape index (κ3) is 2.78. The maximum atomic E-state index is 14.2. The van der Waals surface area contributed by atoms with Crippen LogP contribution in [0.15, 0.2) is 75.9 Å². The van der Waals surface area contributed by atoms with Crippen LogP contribution in [0, 0.1) is 5.82 Å². The van der Waals surface area contributed by atoms with Gasteiger partial charge in [0.05, 0.1) is 27.2 Å². The maximum Gasteiger partial charge on any atom is 0.297 e. The number of carbonyl (C=O) groups excluding carboxylic acids is 1. The minimum atomic E-state index is -0.870. The highest BCUT2D eigenvalue weighted by molar-refractivity contribution is 7.22. The van der Waals surface area contributed by atoms with Crippen LogP contribution in [0.25, 0.3) is 21.2 Å². The smallest absolute Gasteiger partial charge is 0.297 e. The SMILES string of the molecule is O=C1c2oc3ccccc3c(=O)c2C(c2cccc(F)c2)N1c1nc2ccc(Cl)cc2s1. The number of anilines is 1. The molecular formula is C24H12ClFN2O3S. The molecule has 0 fully saturated rings. The first kappa shape index (κ1) is 19.2. The number of fused-ring (bicyclic) bond motifs is 3. The van der Waals surface area contributed by atoms with Crippen LogP contribution in [-0.2, 0) is 0 Å². The lowest BCUT2D eigenvalue weighted by Crippen LogP contribution is -2.29. The number of halogens is 2. The first-order valence-corrected chi connectivity index (χ1v) is 10.9. The topological polar surface area (TPSA) is 63.4 Å². The molecular weight excluding hydrogens is 451 g/mol. The highest BCUT2D eigenvalue weighted by atomic mass is 35.5. The van der Waals surface area contributed by atoms with Crippen molar-refractivity contribution in [1.29, 1.82) is 0 Å². The van der Waals surface area contributed by atoms with Crippen molar-refractivity contribution in [3.63, 3.8) is 0 Å². The molecule has 5 nitrogen and oxygen atoms in total. The zero-order chi connectivity index (χ0) is 22.0. The Morgan fingerprint density at radius 2 is 1.88 bits per heavy atom. The van der Waals surface area contributed by atoms with Crippen LogP contribution in [0.5, 0.6) is 0 Å². The highest BCUT2D eigenvalue weighted by Gasteiger charge is 2.45. The minimum absolute atomic E-state index is 0.0553. The third-order valence-corrected chi connectivity index (χ3v) is 6.74. The number of aromatic nitrogens is 1. The summed E-state index contributed by atoms with van der Waals surface area (Å²) in [4.78, 5) is 33.0. The number of amides is 1. The van der Waals surface area contributed by atoms with Crippen LogP contribution in [0.4, 0.5) is 9.52 Å². The van der Waals surface area contributed by atoms with E-state index in [9.17, 15) is 14.0 Å². The predicted octanol–water partition coefficient (Wildman–Crippen LogP) is 5.95. The molecule has 8 heteroatoms. The summed E-state index contributed by atoms with van der Waals surface area (Å²) in [6.07, 6.45) is 0. The molecule has 0 radical (unpaired) electrons. The average Bonchev–Trinajstić information content (AvgIpc) is 3.32. The van der Waals surface area contributed by atoms with E-state index >= 15 is 0 Å². The highest BCUT2D eigenvalue weighted by Crippen LogP contribution is 2.43. The summed E-state index contributed by atoms with van der Waals surface area (Å²) >= 11 is 7.38. The Morgan fingerprint density at radius 1 is 1.03 bits per heavy atom. The summed E-state index contributed by atoms with van der Waals surface area (Å²) in [5.41, 5.74) is 1.30. The molecule has 1 atom stereocenters. The minimum Gasteiger partial charge on any atom is -0.450 e. The van der Waals surface area contributed by atoms with E-state index in [1.807, 2.05) is 0 Å². The van der Waals surface area contributed by atoms with Gasteiger partial charge in [0.2, 0.25) is 5.76 Å². The van der Waals surface area contributed by atoms with Crippen molar-refractivity contribution in [2.75, 3.05) is 4.90 Å². The lowest BCUT2D eigenvalue weighted by molar-refractivity contribution is 0.0971. The molecule has 0 spiro atoms. The third-order valence-electron chi connectivity index (χ3n) is 5.49. The van der Waals surface area contributed by atoms with Crippen LogP contribution in [0.2, 0.25) is 5.02 Å². The van der Waals surface area contributed by atoms with Crippen LogP contribution in [-0.4, -0.2) is 10.9 Å². The van der Waals surface area contributed by atoms with E-state index in [0.717, 1.165) is 4.70 Å². The summed E-state index contributed by atoms with van der Waals surface area (Å²) < 4.78 is 20.8. The van der Waals surface area contributed by atoms with Gasteiger partial charge < -0.3 is 4.42 Å². The second-order valence-electron chi connectivity index (χ2n) is 7.41. The molecule has 1 amide bonds. The molecule has 0 saturated carbocycles. The first-order chi connectivity index (χ1) is 15.5. The number of benzene rings is 3. The second-order valence-corrected chi connectivity index (χ2v) is 8.86. The van der Waals surface area contributed by atoms with Gasteiger partial charge >= 0.3 is 0 Å². The van der Waals surface area contributed by atoms with Crippen LogP contribution in [0.3, 0.4) is 0 Å². The van der Waals surface area contributed by atoms with Gasteiger partial charge in [-0.2, -0.15) is 0 Å². The Labute approximate surface area is 189 Å². The molecule has 32 heavy (non-hydrogen) atoms. The van der Waals surface area contributed by atoms with E-state index in [-0.39, 0.29) is 16.8 Å². The molecule has 156 valence electrons. The fourth-order valence-corrected chi connectivity index (χ4v) is 5.37. The lowest BCUT2D eigenvalue weighted by atomic mass is 9.98. The van der Waals surface area contributed by atoms with Gasteiger partial charge in [-0.05, 0) is 48.0 Å². The standard InChI is InChI=1S/C24H12ClFN2O3S/c25-13-8-9-16-18(11-13)32-24(27-16)28-20(12-4-3-5-14(26)10-12)19-21(29)15-6-1-2-7-17(15)31-22(19)23(28)30/h1-11,20H. The molecule has 5 aromatic rings. The van der Waals surface area contributed by atoms with Crippen molar-refractivity contribution < 1.29 is 13.6 Å². The zero-order valence-electron chi connectivity index (χ0n) is 16.2.